The zero-order valence-corrected chi connectivity index (χ0v) is 16.7. The first-order valence-corrected chi connectivity index (χ1v) is 10.2. The van der Waals surface area contributed by atoms with E-state index in [0.717, 1.165) is 44.9 Å². The molecule has 5 heteroatoms. The third kappa shape index (κ3) is 9.03. The SMILES string of the molecule is CCCCCC(/C=C/C1(CC/C=C/CCC(=O)O)CCCC1=O)OC(C)=O. The van der Waals surface area contributed by atoms with Gasteiger partial charge in [0.15, 0.2) is 0 Å². The molecule has 1 fully saturated rings. The summed E-state index contributed by atoms with van der Waals surface area (Å²) in [6, 6.07) is 0. The maximum atomic E-state index is 12.5. The minimum Gasteiger partial charge on any atom is -0.481 e. The number of hydrogen-bond acceptors (Lipinski definition) is 4. The Bertz CT molecular complexity index is 549. The molecule has 152 valence electrons. The lowest BCUT2D eigenvalue weighted by molar-refractivity contribution is -0.144. The molecule has 0 aromatic heterocycles. The first kappa shape index (κ1) is 23.1. The van der Waals surface area contributed by atoms with Gasteiger partial charge in [-0.15, -0.1) is 0 Å². The minimum atomic E-state index is -0.801. The Kier molecular flexibility index (Phi) is 10.7. The summed E-state index contributed by atoms with van der Waals surface area (Å²) in [6.45, 7) is 3.55. The average Bonchev–Trinajstić information content (AvgIpc) is 2.96. The van der Waals surface area contributed by atoms with Crippen molar-refractivity contribution in [3.05, 3.63) is 24.3 Å². The maximum Gasteiger partial charge on any atom is 0.303 e. The zero-order chi connectivity index (χ0) is 20.1. The molecule has 0 saturated heterocycles. The minimum absolute atomic E-state index is 0.127. The number of unbranched alkanes of at least 4 members (excludes halogenated alkanes) is 2. The van der Waals surface area contributed by atoms with Gasteiger partial charge < -0.3 is 9.84 Å². The highest BCUT2D eigenvalue weighted by Crippen LogP contribution is 2.41. The van der Waals surface area contributed by atoms with Gasteiger partial charge in [0.05, 0.1) is 0 Å². The largest absolute Gasteiger partial charge is 0.481 e. The summed E-state index contributed by atoms with van der Waals surface area (Å²) in [6.07, 6.45) is 15.8. The van der Waals surface area contributed by atoms with Crippen molar-refractivity contribution in [2.75, 3.05) is 0 Å². The average molecular weight is 379 g/mol. The predicted molar refractivity (Wildman–Crippen MR) is 105 cm³/mol. The molecular weight excluding hydrogens is 344 g/mol. The second kappa shape index (κ2) is 12.5. The van der Waals surface area contributed by atoms with E-state index in [9.17, 15) is 14.4 Å². The quantitative estimate of drug-likeness (QED) is 0.277. The molecule has 1 aliphatic rings. The van der Waals surface area contributed by atoms with Crippen molar-refractivity contribution >= 4 is 17.7 Å². The summed E-state index contributed by atoms with van der Waals surface area (Å²) >= 11 is 0. The van der Waals surface area contributed by atoms with E-state index in [4.69, 9.17) is 9.84 Å². The molecule has 0 aliphatic heterocycles. The second-order valence-electron chi connectivity index (χ2n) is 7.38. The van der Waals surface area contributed by atoms with Crippen molar-refractivity contribution < 1.29 is 24.2 Å². The first-order chi connectivity index (χ1) is 12.9. The maximum absolute atomic E-state index is 12.5. The molecule has 2 atom stereocenters. The topological polar surface area (TPSA) is 80.7 Å². The van der Waals surface area contributed by atoms with Gasteiger partial charge >= 0.3 is 11.9 Å². The van der Waals surface area contributed by atoms with Crippen LogP contribution in [0.25, 0.3) is 0 Å². The third-order valence-corrected chi connectivity index (χ3v) is 5.07. The van der Waals surface area contributed by atoms with Gasteiger partial charge in [-0.05, 0) is 51.0 Å². The van der Waals surface area contributed by atoms with Crippen molar-refractivity contribution in [2.45, 2.75) is 90.6 Å². The number of allylic oxidation sites excluding steroid dienone is 3. The van der Waals surface area contributed by atoms with Gasteiger partial charge in [0.2, 0.25) is 0 Å². The second-order valence-corrected chi connectivity index (χ2v) is 7.38. The number of esters is 1. The van der Waals surface area contributed by atoms with E-state index >= 15 is 0 Å². The predicted octanol–water partition coefficient (Wildman–Crippen LogP) is 5.00. The van der Waals surface area contributed by atoms with Gasteiger partial charge in [0.25, 0.3) is 0 Å². The van der Waals surface area contributed by atoms with Crippen LogP contribution in [0.4, 0.5) is 0 Å². The summed E-state index contributed by atoms with van der Waals surface area (Å²) in [5.74, 6) is -0.841. The van der Waals surface area contributed by atoms with Crippen LogP contribution in [0, 0.1) is 5.41 Å². The first-order valence-electron chi connectivity index (χ1n) is 10.2. The smallest absolute Gasteiger partial charge is 0.303 e. The Morgan fingerprint density at radius 3 is 2.59 bits per heavy atom. The number of aliphatic carboxylic acids is 1. The van der Waals surface area contributed by atoms with Crippen molar-refractivity contribution in [2.24, 2.45) is 5.41 Å². The summed E-state index contributed by atoms with van der Waals surface area (Å²) < 4.78 is 5.41. The van der Waals surface area contributed by atoms with Crippen LogP contribution >= 0.6 is 0 Å². The number of carboxylic acid groups (broad SMARTS) is 1. The Labute approximate surface area is 162 Å². The van der Waals surface area contributed by atoms with Crippen LogP contribution in [0.5, 0.6) is 0 Å². The summed E-state index contributed by atoms with van der Waals surface area (Å²) in [7, 11) is 0. The van der Waals surface area contributed by atoms with E-state index in [1.165, 1.54) is 6.92 Å². The van der Waals surface area contributed by atoms with Crippen LogP contribution in [-0.4, -0.2) is 28.9 Å². The molecule has 1 aliphatic carbocycles. The number of Topliss-reactive ketones (excluding diaryl/α,β-unsaturated/α-hetero) is 1. The third-order valence-electron chi connectivity index (χ3n) is 5.07. The molecule has 0 radical (unpaired) electrons. The molecular formula is C22H34O5. The lowest BCUT2D eigenvalue weighted by Crippen LogP contribution is -2.24. The molecule has 2 unspecified atom stereocenters. The Balaban J connectivity index is 2.70. The lowest BCUT2D eigenvalue weighted by Gasteiger charge is -2.24. The van der Waals surface area contributed by atoms with Crippen molar-refractivity contribution in [3.8, 4) is 0 Å². The van der Waals surface area contributed by atoms with E-state index in [0.29, 0.717) is 19.3 Å². The van der Waals surface area contributed by atoms with E-state index in [1.54, 1.807) is 0 Å². The molecule has 0 aromatic carbocycles. The number of carbonyl (C=O) groups is 3. The fourth-order valence-electron chi connectivity index (χ4n) is 3.55. The Morgan fingerprint density at radius 1 is 1.26 bits per heavy atom. The number of rotatable bonds is 13. The van der Waals surface area contributed by atoms with E-state index in [2.05, 4.69) is 6.92 Å². The molecule has 0 spiro atoms. The number of carboxylic acids is 1. The highest BCUT2D eigenvalue weighted by Gasteiger charge is 2.38. The van der Waals surface area contributed by atoms with Crippen LogP contribution in [0.3, 0.4) is 0 Å². The number of ether oxygens (including phenoxy) is 1. The standard InChI is InChI=1S/C22H34O5/c1-3-4-7-11-19(27-18(2)23)14-17-22(16-10-12-20(22)24)15-9-6-5-8-13-21(25)26/h5-6,14,17,19H,3-4,7-13,15-16H2,1-2H3,(H,25,26)/b6-5+,17-14+. The molecule has 27 heavy (non-hydrogen) atoms. The highest BCUT2D eigenvalue weighted by atomic mass is 16.5. The highest BCUT2D eigenvalue weighted by molar-refractivity contribution is 5.88. The molecule has 1 saturated carbocycles. The normalized spacial score (nSPS) is 21.2. The molecule has 0 bridgehead atoms. The van der Waals surface area contributed by atoms with Crippen molar-refractivity contribution in [1.29, 1.82) is 0 Å². The molecule has 1 rings (SSSR count). The summed E-state index contributed by atoms with van der Waals surface area (Å²) in [4.78, 5) is 34.4. The monoisotopic (exact) mass is 378 g/mol. The van der Waals surface area contributed by atoms with E-state index < -0.39 is 11.4 Å². The van der Waals surface area contributed by atoms with Crippen LogP contribution in [0.1, 0.15) is 84.5 Å². The fraction of sp³-hybridized carbons (Fsp3) is 0.682. The summed E-state index contributed by atoms with van der Waals surface area (Å²) in [5, 5.41) is 8.66. The van der Waals surface area contributed by atoms with Gasteiger partial charge in [-0.3, -0.25) is 14.4 Å². The van der Waals surface area contributed by atoms with Gasteiger partial charge in [-0.25, -0.2) is 0 Å². The van der Waals surface area contributed by atoms with E-state index in [1.807, 2.05) is 24.3 Å². The molecule has 0 aromatic rings. The zero-order valence-electron chi connectivity index (χ0n) is 16.7. The number of ketones is 1. The molecule has 0 heterocycles. The Morgan fingerprint density at radius 2 is 2.00 bits per heavy atom. The molecule has 5 nitrogen and oxygen atoms in total. The van der Waals surface area contributed by atoms with E-state index in [-0.39, 0.29) is 24.3 Å². The van der Waals surface area contributed by atoms with Crippen LogP contribution in [0.2, 0.25) is 0 Å². The number of carbonyl (C=O) groups excluding carboxylic acids is 2. The fourth-order valence-corrected chi connectivity index (χ4v) is 3.55. The van der Waals surface area contributed by atoms with Crippen LogP contribution < -0.4 is 0 Å². The van der Waals surface area contributed by atoms with Gasteiger partial charge in [-0.1, -0.05) is 38.0 Å². The van der Waals surface area contributed by atoms with Gasteiger partial charge in [-0.2, -0.15) is 0 Å². The van der Waals surface area contributed by atoms with Crippen molar-refractivity contribution in [3.63, 3.8) is 0 Å². The van der Waals surface area contributed by atoms with Gasteiger partial charge in [0.1, 0.15) is 11.9 Å². The number of hydrogen-bond donors (Lipinski definition) is 1. The van der Waals surface area contributed by atoms with Crippen LogP contribution in [-0.2, 0) is 19.1 Å². The molecule has 1 N–H and O–H groups in total. The summed E-state index contributed by atoms with van der Waals surface area (Å²) in [5.41, 5.74) is -0.472. The van der Waals surface area contributed by atoms with Crippen LogP contribution in [0.15, 0.2) is 24.3 Å². The van der Waals surface area contributed by atoms with Crippen molar-refractivity contribution in [1.82, 2.24) is 0 Å². The van der Waals surface area contributed by atoms with Gasteiger partial charge in [0, 0.05) is 25.2 Å². The Hall–Kier alpha value is -1.91. The molecule has 0 amide bonds. The lowest BCUT2D eigenvalue weighted by atomic mass is 9.79.